The van der Waals surface area contributed by atoms with Crippen molar-refractivity contribution in [2.75, 3.05) is 0 Å². The number of allylic oxidation sites excluding steroid dienone is 2. The monoisotopic (exact) mass is 302 g/mol. The molecule has 0 aromatic rings. The number of aliphatic hydroxyl groups is 1. The summed E-state index contributed by atoms with van der Waals surface area (Å²) in [5, 5.41) is 10.9. The molecule has 0 amide bonds. The van der Waals surface area contributed by atoms with Gasteiger partial charge in [0.15, 0.2) is 5.78 Å². The highest BCUT2D eigenvalue weighted by atomic mass is 16.3. The molecule has 0 spiro atoms. The highest BCUT2D eigenvalue weighted by Gasteiger charge is 2.62. The molecule has 0 unspecified atom stereocenters. The second-order valence-electron chi connectivity index (χ2n) is 9.29. The van der Waals surface area contributed by atoms with Gasteiger partial charge >= 0.3 is 0 Å². The van der Waals surface area contributed by atoms with E-state index in [1.807, 2.05) is 6.08 Å². The molecule has 0 aromatic heterocycles. The number of hydrogen-bond acceptors (Lipinski definition) is 2. The smallest absolute Gasteiger partial charge is 0.155 e. The Hall–Kier alpha value is -0.630. The van der Waals surface area contributed by atoms with Crippen LogP contribution in [0.2, 0.25) is 0 Å². The summed E-state index contributed by atoms with van der Waals surface area (Å²) in [6.45, 7) is 6.82. The zero-order chi connectivity index (χ0) is 15.8. The Morgan fingerprint density at radius 3 is 2.55 bits per heavy atom. The molecule has 2 nitrogen and oxygen atoms in total. The number of carbonyl (C=O) groups is 1. The van der Waals surface area contributed by atoms with Crippen molar-refractivity contribution in [2.24, 2.45) is 34.5 Å². The Bertz CT molecular complexity index is 534. The quantitative estimate of drug-likeness (QED) is 0.730. The molecule has 7 atom stereocenters. The molecule has 4 aliphatic carbocycles. The highest BCUT2D eigenvalue weighted by molar-refractivity contribution is 5.91. The van der Waals surface area contributed by atoms with Crippen LogP contribution in [0.5, 0.6) is 0 Å². The second-order valence-corrected chi connectivity index (χ2v) is 9.29. The van der Waals surface area contributed by atoms with E-state index in [0.717, 1.165) is 25.2 Å². The van der Waals surface area contributed by atoms with Gasteiger partial charge in [0, 0.05) is 6.42 Å². The first-order valence-corrected chi connectivity index (χ1v) is 9.22. The van der Waals surface area contributed by atoms with Gasteiger partial charge < -0.3 is 5.11 Å². The number of rotatable bonds is 0. The van der Waals surface area contributed by atoms with Crippen molar-refractivity contribution in [1.29, 1.82) is 0 Å². The predicted molar refractivity (Wildman–Crippen MR) is 87.3 cm³/mol. The molecular formula is C20H30O2. The van der Waals surface area contributed by atoms with Crippen molar-refractivity contribution in [1.82, 2.24) is 0 Å². The summed E-state index contributed by atoms with van der Waals surface area (Å²) in [5.74, 6) is 3.00. The first-order chi connectivity index (χ1) is 10.3. The molecule has 4 aliphatic rings. The van der Waals surface area contributed by atoms with Gasteiger partial charge in [0.1, 0.15) is 0 Å². The number of carbonyl (C=O) groups excluding carboxylic acids is 1. The van der Waals surface area contributed by atoms with Crippen LogP contribution in [0.15, 0.2) is 12.2 Å². The van der Waals surface area contributed by atoms with Gasteiger partial charge in [-0.25, -0.2) is 0 Å². The Kier molecular flexibility index (Phi) is 3.03. The maximum absolute atomic E-state index is 11.8. The van der Waals surface area contributed by atoms with Crippen molar-refractivity contribution in [3.63, 3.8) is 0 Å². The third-order valence-corrected chi connectivity index (χ3v) is 8.60. The largest absolute Gasteiger partial charge is 0.390 e. The Balaban J connectivity index is 1.69. The summed E-state index contributed by atoms with van der Waals surface area (Å²) in [7, 11) is 0. The van der Waals surface area contributed by atoms with Crippen molar-refractivity contribution in [3.05, 3.63) is 12.2 Å². The Morgan fingerprint density at radius 1 is 1.05 bits per heavy atom. The lowest BCUT2D eigenvalue weighted by atomic mass is 9.45. The minimum Gasteiger partial charge on any atom is -0.390 e. The van der Waals surface area contributed by atoms with Gasteiger partial charge in [-0.05, 0) is 86.0 Å². The molecule has 0 radical (unpaired) electrons. The van der Waals surface area contributed by atoms with Gasteiger partial charge in [0.05, 0.1) is 5.60 Å². The van der Waals surface area contributed by atoms with Gasteiger partial charge in [-0.3, -0.25) is 4.79 Å². The highest BCUT2D eigenvalue weighted by Crippen LogP contribution is 2.67. The lowest BCUT2D eigenvalue weighted by Gasteiger charge is -2.59. The second kappa shape index (κ2) is 4.47. The van der Waals surface area contributed by atoms with Crippen LogP contribution in [-0.4, -0.2) is 16.5 Å². The standard InChI is InChI=1S/C20H30O2/c1-18-9-6-14(21)12-13(18)4-5-15-16(18)7-10-19(2)17(15)8-11-20(19,3)22/h6,9,13,15-17,22H,4-5,7-8,10-12H2,1-3H3/t13-,15-,16+,17+,18+,19+,20-/m1/s1. The summed E-state index contributed by atoms with van der Waals surface area (Å²) in [5.41, 5.74) is -0.170. The molecule has 0 heterocycles. The minimum atomic E-state index is -0.487. The van der Waals surface area contributed by atoms with Gasteiger partial charge in [-0.2, -0.15) is 0 Å². The van der Waals surface area contributed by atoms with Crippen LogP contribution in [0.25, 0.3) is 0 Å². The summed E-state index contributed by atoms with van der Waals surface area (Å²) >= 11 is 0. The van der Waals surface area contributed by atoms with Gasteiger partial charge in [-0.15, -0.1) is 0 Å². The number of ketones is 1. The predicted octanol–water partition coefficient (Wildman–Crippen LogP) is 4.13. The number of hydrogen-bond donors (Lipinski definition) is 1. The van der Waals surface area contributed by atoms with Crippen molar-refractivity contribution in [2.45, 2.75) is 71.3 Å². The summed E-state index contributed by atoms with van der Waals surface area (Å²) < 4.78 is 0. The molecule has 0 aromatic carbocycles. The van der Waals surface area contributed by atoms with Crippen LogP contribution < -0.4 is 0 Å². The van der Waals surface area contributed by atoms with E-state index in [1.54, 1.807) is 0 Å². The van der Waals surface area contributed by atoms with Crippen LogP contribution in [0.1, 0.15) is 65.7 Å². The van der Waals surface area contributed by atoms with E-state index in [0.29, 0.717) is 23.5 Å². The van der Waals surface area contributed by atoms with Crippen molar-refractivity contribution < 1.29 is 9.90 Å². The van der Waals surface area contributed by atoms with E-state index >= 15 is 0 Å². The van der Waals surface area contributed by atoms with E-state index in [-0.39, 0.29) is 10.8 Å². The third-order valence-electron chi connectivity index (χ3n) is 8.60. The van der Waals surface area contributed by atoms with Crippen LogP contribution in [0.3, 0.4) is 0 Å². The van der Waals surface area contributed by atoms with Crippen LogP contribution in [0, 0.1) is 34.5 Å². The molecule has 0 aliphatic heterocycles. The lowest BCUT2D eigenvalue weighted by molar-refractivity contribution is -0.135. The normalized spacial score (nSPS) is 57.2. The average molecular weight is 302 g/mol. The van der Waals surface area contributed by atoms with Gasteiger partial charge in [0.2, 0.25) is 0 Å². The molecule has 4 rings (SSSR count). The van der Waals surface area contributed by atoms with Crippen molar-refractivity contribution >= 4 is 5.78 Å². The molecular weight excluding hydrogens is 272 g/mol. The average Bonchev–Trinajstić information content (AvgIpc) is 2.70. The van der Waals surface area contributed by atoms with Crippen molar-refractivity contribution in [3.8, 4) is 0 Å². The maximum atomic E-state index is 11.8. The van der Waals surface area contributed by atoms with E-state index in [1.165, 1.54) is 25.7 Å². The molecule has 22 heavy (non-hydrogen) atoms. The fourth-order valence-corrected chi connectivity index (χ4v) is 6.88. The topological polar surface area (TPSA) is 37.3 Å². The molecule has 3 saturated carbocycles. The Morgan fingerprint density at radius 2 is 1.77 bits per heavy atom. The molecule has 122 valence electrons. The lowest BCUT2D eigenvalue weighted by Crippen LogP contribution is -2.55. The summed E-state index contributed by atoms with van der Waals surface area (Å²) in [4.78, 5) is 11.8. The first-order valence-electron chi connectivity index (χ1n) is 9.22. The molecule has 0 saturated heterocycles. The van der Waals surface area contributed by atoms with E-state index in [4.69, 9.17) is 0 Å². The molecule has 3 fully saturated rings. The van der Waals surface area contributed by atoms with E-state index in [9.17, 15) is 9.90 Å². The van der Waals surface area contributed by atoms with E-state index in [2.05, 4.69) is 26.8 Å². The molecule has 0 bridgehead atoms. The Labute approximate surface area is 134 Å². The van der Waals surface area contributed by atoms with Crippen LogP contribution in [0.4, 0.5) is 0 Å². The number of fused-ring (bicyclic) bond motifs is 5. The van der Waals surface area contributed by atoms with Crippen LogP contribution >= 0.6 is 0 Å². The zero-order valence-corrected chi connectivity index (χ0v) is 14.3. The SMILES string of the molecule is C[C@]12C=CC(=O)C[C@H]1CC[C@@H]1[C@@H]2CC[C@@]2(C)[C@H]1CC[C@@]2(C)O. The van der Waals surface area contributed by atoms with E-state index < -0.39 is 5.60 Å². The summed E-state index contributed by atoms with van der Waals surface area (Å²) in [6, 6.07) is 0. The minimum absolute atomic E-state index is 0.103. The third kappa shape index (κ3) is 1.74. The maximum Gasteiger partial charge on any atom is 0.155 e. The fourth-order valence-electron chi connectivity index (χ4n) is 6.88. The zero-order valence-electron chi connectivity index (χ0n) is 14.3. The summed E-state index contributed by atoms with van der Waals surface area (Å²) in [6.07, 6.45) is 11.9. The fraction of sp³-hybridized carbons (Fsp3) is 0.850. The molecule has 1 N–H and O–H groups in total. The van der Waals surface area contributed by atoms with Gasteiger partial charge in [0.25, 0.3) is 0 Å². The van der Waals surface area contributed by atoms with Crippen LogP contribution in [-0.2, 0) is 4.79 Å². The first kappa shape index (κ1) is 14.9. The van der Waals surface area contributed by atoms with Gasteiger partial charge in [-0.1, -0.05) is 19.9 Å². The molecule has 2 heteroatoms.